The van der Waals surface area contributed by atoms with Crippen LogP contribution in [0.5, 0.6) is 0 Å². The van der Waals surface area contributed by atoms with Crippen LogP contribution >= 0.6 is 0 Å². The zero-order valence-electron chi connectivity index (χ0n) is 10.6. The van der Waals surface area contributed by atoms with Gasteiger partial charge in [-0.15, -0.1) is 0 Å². The molecule has 1 aliphatic rings. The molecule has 0 spiro atoms. The Labute approximate surface area is 111 Å². The van der Waals surface area contributed by atoms with Crippen LogP contribution in [0.2, 0.25) is 0 Å². The molecule has 2 amide bonds. The smallest absolute Gasteiger partial charge is 0.322 e. The van der Waals surface area contributed by atoms with E-state index in [1.807, 2.05) is 30.5 Å². The van der Waals surface area contributed by atoms with E-state index in [0.29, 0.717) is 6.54 Å². The van der Waals surface area contributed by atoms with E-state index >= 15 is 0 Å². The summed E-state index contributed by atoms with van der Waals surface area (Å²) in [6.45, 7) is 0.744. The summed E-state index contributed by atoms with van der Waals surface area (Å²) < 4.78 is 0. The Balaban J connectivity index is 1.74. The average Bonchev–Trinajstić information content (AvgIpc) is 3.06. The second-order valence-corrected chi connectivity index (χ2v) is 4.88. The minimum Gasteiger partial charge on any atom is -0.394 e. The molecule has 5 nitrogen and oxygen atoms in total. The third-order valence-corrected chi connectivity index (χ3v) is 3.65. The third-order valence-electron chi connectivity index (χ3n) is 3.65. The summed E-state index contributed by atoms with van der Waals surface area (Å²) in [6, 6.07) is 7.55. The first-order valence-corrected chi connectivity index (χ1v) is 6.53. The van der Waals surface area contributed by atoms with E-state index in [1.54, 1.807) is 4.90 Å². The quantitative estimate of drug-likeness (QED) is 0.773. The Morgan fingerprint density at radius 1 is 1.47 bits per heavy atom. The number of hydrogen-bond donors (Lipinski definition) is 3. The highest BCUT2D eigenvalue weighted by molar-refractivity contribution is 5.93. The molecule has 1 unspecified atom stereocenters. The van der Waals surface area contributed by atoms with Crippen LogP contribution in [0.3, 0.4) is 0 Å². The van der Waals surface area contributed by atoms with Gasteiger partial charge in [0.15, 0.2) is 0 Å². The van der Waals surface area contributed by atoms with Crippen molar-refractivity contribution in [3.05, 3.63) is 30.5 Å². The summed E-state index contributed by atoms with van der Waals surface area (Å²) in [5.74, 6) is 0. The number of urea groups is 1. The molecule has 19 heavy (non-hydrogen) atoms. The lowest BCUT2D eigenvalue weighted by molar-refractivity contribution is 0.166. The van der Waals surface area contributed by atoms with Crippen LogP contribution in [0.15, 0.2) is 30.5 Å². The van der Waals surface area contributed by atoms with E-state index in [4.69, 9.17) is 0 Å². The van der Waals surface area contributed by atoms with Gasteiger partial charge in [-0.05, 0) is 37.1 Å². The summed E-state index contributed by atoms with van der Waals surface area (Å²) in [7, 11) is 0. The number of fused-ring (bicyclic) bond motifs is 1. The fraction of sp³-hybridized carbons (Fsp3) is 0.357. The van der Waals surface area contributed by atoms with Crippen molar-refractivity contribution in [3.63, 3.8) is 0 Å². The predicted molar refractivity (Wildman–Crippen MR) is 74.1 cm³/mol. The molecular formula is C14H17N3O2. The minimum absolute atomic E-state index is 0.0320. The second kappa shape index (κ2) is 4.93. The lowest BCUT2D eigenvalue weighted by Gasteiger charge is -2.23. The van der Waals surface area contributed by atoms with E-state index < -0.39 is 0 Å². The van der Waals surface area contributed by atoms with E-state index in [9.17, 15) is 9.90 Å². The molecule has 0 bridgehead atoms. The van der Waals surface area contributed by atoms with Gasteiger partial charge in [-0.2, -0.15) is 0 Å². The highest BCUT2D eigenvalue weighted by Gasteiger charge is 2.27. The number of aromatic amines is 1. The maximum atomic E-state index is 12.2. The Bertz CT molecular complexity index is 593. The largest absolute Gasteiger partial charge is 0.394 e. The summed E-state index contributed by atoms with van der Waals surface area (Å²) in [6.07, 6.45) is 3.70. The van der Waals surface area contributed by atoms with Crippen LogP contribution < -0.4 is 5.32 Å². The van der Waals surface area contributed by atoms with E-state index in [0.717, 1.165) is 29.4 Å². The molecule has 2 heterocycles. The van der Waals surface area contributed by atoms with Crippen LogP contribution in [-0.2, 0) is 0 Å². The maximum Gasteiger partial charge on any atom is 0.322 e. The number of nitrogens with one attached hydrogen (secondary N) is 2. The number of anilines is 1. The first kappa shape index (κ1) is 12.0. The number of nitrogens with zero attached hydrogens (tertiary/aromatic N) is 1. The standard InChI is InChI=1S/C14H17N3O2/c18-9-12-2-1-7-17(12)14(19)16-11-3-4-13-10(8-11)5-6-15-13/h3-6,8,12,15,18H,1-2,7,9H2,(H,16,19). The molecule has 100 valence electrons. The molecule has 0 radical (unpaired) electrons. The summed E-state index contributed by atoms with van der Waals surface area (Å²) in [5.41, 5.74) is 1.83. The van der Waals surface area contributed by atoms with Gasteiger partial charge < -0.3 is 20.3 Å². The molecule has 3 N–H and O–H groups in total. The number of benzene rings is 1. The van der Waals surface area contributed by atoms with Gasteiger partial charge in [0, 0.05) is 29.3 Å². The fourth-order valence-corrected chi connectivity index (χ4v) is 2.62. The summed E-state index contributed by atoms with van der Waals surface area (Å²) in [5, 5.41) is 13.2. The van der Waals surface area contributed by atoms with Crippen molar-refractivity contribution in [2.75, 3.05) is 18.5 Å². The van der Waals surface area contributed by atoms with Gasteiger partial charge in [0.25, 0.3) is 0 Å². The monoisotopic (exact) mass is 259 g/mol. The SMILES string of the molecule is O=C(Nc1ccc2[nH]ccc2c1)N1CCCC1CO. The van der Waals surface area contributed by atoms with Crippen LogP contribution in [0, 0.1) is 0 Å². The molecule has 2 aromatic rings. The van der Waals surface area contributed by atoms with Gasteiger partial charge in [-0.25, -0.2) is 4.79 Å². The normalized spacial score (nSPS) is 19.0. The Morgan fingerprint density at radius 3 is 3.21 bits per heavy atom. The molecule has 0 aliphatic carbocycles. The highest BCUT2D eigenvalue weighted by Crippen LogP contribution is 2.21. The van der Waals surface area contributed by atoms with Crippen LogP contribution in [0.1, 0.15) is 12.8 Å². The molecule has 1 aromatic heterocycles. The predicted octanol–water partition coefficient (Wildman–Crippen LogP) is 2.16. The van der Waals surface area contributed by atoms with Crippen molar-refractivity contribution in [1.29, 1.82) is 0 Å². The Morgan fingerprint density at radius 2 is 2.37 bits per heavy atom. The van der Waals surface area contributed by atoms with Crippen LogP contribution in [0.25, 0.3) is 10.9 Å². The molecule has 0 saturated carbocycles. The van der Waals surface area contributed by atoms with Crippen LogP contribution in [-0.4, -0.2) is 40.2 Å². The van der Waals surface area contributed by atoms with Gasteiger partial charge in [-0.3, -0.25) is 0 Å². The van der Waals surface area contributed by atoms with Gasteiger partial charge in [-0.1, -0.05) is 0 Å². The van der Waals surface area contributed by atoms with E-state index in [1.165, 1.54) is 0 Å². The van der Waals surface area contributed by atoms with E-state index in [-0.39, 0.29) is 18.7 Å². The van der Waals surface area contributed by atoms with Crippen molar-refractivity contribution in [2.24, 2.45) is 0 Å². The number of H-pyrrole nitrogens is 1. The molecule has 5 heteroatoms. The van der Waals surface area contributed by atoms with Crippen molar-refractivity contribution in [1.82, 2.24) is 9.88 Å². The molecule has 3 rings (SSSR count). The van der Waals surface area contributed by atoms with Gasteiger partial charge in [0.1, 0.15) is 0 Å². The molecule has 1 aliphatic heterocycles. The first-order chi connectivity index (χ1) is 9.28. The zero-order chi connectivity index (χ0) is 13.2. The van der Waals surface area contributed by atoms with Crippen molar-refractivity contribution >= 4 is 22.6 Å². The highest BCUT2D eigenvalue weighted by atomic mass is 16.3. The number of likely N-dealkylation sites (tertiary alicyclic amines) is 1. The number of carbonyl (C=O) groups excluding carboxylic acids is 1. The number of aliphatic hydroxyl groups is 1. The second-order valence-electron chi connectivity index (χ2n) is 4.88. The first-order valence-electron chi connectivity index (χ1n) is 6.53. The van der Waals surface area contributed by atoms with Gasteiger partial charge in [0.05, 0.1) is 12.6 Å². The van der Waals surface area contributed by atoms with Crippen molar-refractivity contribution in [2.45, 2.75) is 18.9 Å². The number of hydrogen-bond acceptors (Lipinski definition) is 2. The molecule has 1 atom stereocenters. The fourth-order valence-electron chi connectivity index (χ4n) is 2.62. The number of aliphatic hydroxyl groups excluding tert-OH is 1. The molecular weight excluding hydrogens is 242 g/mol. The Hall–Kier alpha value is -2.01. The average molecular weight is 259 g/mol. The lowest BCUT2D eigenvalue weighted by Crippen LogP contribution is -2.40. The zero-order valence-corrected chi connectivity index (χ0v) is 10.6. The van der Waals surface area contributed by atoms with E-state index in [2.05, 4.69) is 10.3 Å². The molecule has 1 fully saturated rings. The lowest BCUT2D eigenvalue weighted by atomic mass is 10.2. The van der Waals surface area contributed by atoms with Crippen molar-refractivity contribution < 1.29 is 9.90 Å². The third kappa shape index (κ3) is 2.29. The number of amides is 2. The minimum atomic E-state index is -0.133. The number of carbonyl (C=O) groups is 1. The topological polar surface area (TPSA) is 68.4 Å². The maximum absolute atomic E-state index is 12.2. The van der Waals surface area contributed by atoms with Gasteiger partial charge >= 0.3 is 6.03 Å². The number of rotatable bonds is 2. The van der Waals surface area contributed by atoms with Gasteiger partial charge in [0.2, 0.25) is 0 Å². The Kier molecular flexibility index (Phi) is 3.13. The molecule has 1 saturated heterocycles. The summed E-state index contributed by atoms with van der Waals surface area (Å²) in [4.78, 5) is 17.0. The number of aromatic nitrogens is 1. The molecule has 1 aromatic carbocycles. The van der Waals surface area contributed by atoms with Crippen molar-refractivity contribution in [3.8, 4) is 0 Å². The summed E-state index contributed by atoms with van der Waals surface area (Å²) >= 11 is 0. The van der Waals surface area contributed by atoms with Crippen LogP contribution in [0.4, 0.5) is 10.5 Å².